The van der Waals surface area contributed by atoms with Crippen LogP contribution in [0.4, 0.5) is 0 Å². The van der Waals surface area contributed by atoms with E-state index in [1.54, 1.807) is 0 Å². The van der Waals surface area contributed by atoms with Crippen molar-refractivity contribution >= 4 is 39.2 Å². The molecule has 3 aromatic rings. The molecule has 0 unspecified atom stereocenters. The molecule has 1 heterocycles. The molecule has 1 aliphatic heterocycles. The fourth-order valence-electron chi connectivity index (χ4n) is 4.05. The van der Waals surface area contributed by atoms with Gasteiger partial charge in [-0.1, -0.05) is 59.3 Å². The Kier molecular flexibility index (Phi) is 6.56. The molecule has 0 atom stereocenters. The van der Waals surface area contributed by atoms with Crippen LogP contribution in [-0.4, -0.2) is 27.7 Å². The van der Waals surface area contributed by atoms with Gasteiger partial charge in [-0.2, -0.15) is 0 Å². The van der Waals surface area contributed by atoms with E-state index in [0.717, 1.165) is 26.7 Å². The van der Waals surface area contributed by atoms with Crippen LogP contribution in [-0.2, 0) is 11.3 Å². The quantitative estimate of drug-likeness (QED) is 0.452. The van der Waals surface area contributed by atoms with Crippen LogP contribution in [0.25, 0.3) is 5.57 Å². The Balaban J connectivity index is 1.93. The summed E-state index contributed by atoms with van der Waals surface area (Å²) >= 11 is 3.54. The molecule has 0 aliphatic carbocycles. The number of allylic oxidation sites excluding steroid dienone is 1. The predicted octanol–water partition coefficient (Wildman–Crippen LogP) is 5.93. The summed E-state index contributed by atoms with van der Waals surface area (Å²) in [5, 5.41) is 9.18. The zero-order valence-electron chi connectivity index (χ0n) is 18.0. The van der Waals surface area contributed by atoms with Gasteiger partial charge in [-0.3, -0.25) is 14.5 Å². The number of carboxylic acid groups (broad SMARTS) is 1. The van der Waals surface area contributed by atoms with Crippen LogP contribution in [0.5, 0.6) is 0 Å². The molecule has 33 heavy (non-hydrogen) atoms. The third-order valence-corrected chi connectivity index (χ3v) is 6.10. The van der Waals surface area contributed by atoms with Crippen molar-refractivity contribution in [3.8, 4) is 0 Å². The summed E-state index contributed by atoms with van der Waals surface area (Å²) in [5.74, 6) is -1.50. The van der Waals surface area contributed by atoms with Gasteiger partial charge in [-0.25, -0.2) is 4.79 Å². The van der Waals surface area contributed by atoms with Gasteiger partial charge in [0.25, 0.3) is 5.91 Å². The minimum Gasteiger partial charge on any atom is -0.478 e. The number of carbonyl (C=O) groups is 3. The van der Waals surface area contributed by atoms with E-state index in [0.29, 0.717) is 24.1 Å². The van der Waals surface area contributed by atoms with E-state index >= 15 is 0 Å². The van der Waals surface area contributed by atoms with E-state index in [-0.39, 0.29) is 23.8 Å². The molecule has 0 saturated carbocycles. The molecule has 5 nitrogen and oxygen atoms in total. The van der Waals surface area contributed by atoms with Crippen molar-refractivity contribution in [3.63, 3.8) is 0 Å². The average Bonchev–Trinajstić information content (AvgIpc) is 2.83. The Labute approximate surface area is 200 Å². The van der Waals surface area contributed by atoms with Gasteiger partial charge in [0.05, 0.1) is 17.8 Å². The molecule has 0 aromatic heterocycles. The first-order chi connectivity index (χ1) is 15.9. The zero-order chi connectivity index (χ0) is 23.5. The highest BCUT2D eigenvalue weighted by Crippen LogP contribution is 2.39. The number of carbonyl (C=O) groups excluding carboxylic acids is 2. The van der Waals surface area contributed by atoms with Crippen LogP contribution >= 0.6 is 15.9 Å². The molecular weight excluding hydrogens is 482 g/mol. The molecule has 6 heteroatoms. The highest BCUT2D eigenvalue weighted by Gasteiger charge is 2.33. The number of hydrogen-bond acceptors (Lipinski definition) is 3. The maximum atomic E-state index is 13.6. The van der Waals surface area contributed by atoms with Crippen LogP contribution in [0.3, 0.4) is 0 Å². The second-order valence-electron chi connectivity index (χ2n) is 7.84. The number of Topliss-reactive ketones (excluding diaryl/α,β-unsaturated/α-hetero) is 1. The van der Waals surface area contributed by atoms with Gasteiger partial charge in [0.2, 0.25) is 0 Å². The number of fused-ring (bicyclic) bond motifs is 1. The van der Waals surface area contributed by atoms with Gasteiger partial charge >= 0.3 is 5.97 Å². The summed E-state index contributed by atoms with van der Waals surface area (Å²) in [6.45, 7) is 2.19. The Morgan fingerprint density at radius 1 is 0.939 bits per heavy atom. The van der Waals surface area contributed by atoms with Crippen molar-refractivity contribution < 1.29 is 19.5 Å². The van der Waals surface area contributed by atoms with Gasteiger partial charge in [0.1, 0.15) is 0 Å². The van der Waals surface area contributed by atoms with Crippen LogP contribution < -0.4 is 0 Å². The van der Waals surface area contributed by atoms with Crippen molar-refractivity contribution in [2.24, 2.45) is 0 Å². The lowest BCUT2D eigenvalue weighted by molar-refractivity contribution is -0.116. The van der Waals surface area contributed by atoms with Crippen LogP contribution in [0.2, 0.25) is 0 Å². The van der Waals surface area contributed by atoms with E-state index in [2.05, 4.69) is 15.9 Å². The normalized spacial score (nSPS) is 13.0. The maximum absolute atomic E-state index is 13.6. The number of ketones is 1. The third kappa shape index (κ3) is 4.52. The maximum Gasteiger partial charge on any atom is 0.335 e. The van der Waals surface area contributed by atoms with Crippen molar-refractivity contribution in [1.29, 1.82) is 0 Å². The highest BCUT2D eigenvalue weighted by atomic mass is 79.9. The highest BCUT2D eigenvalue weighted by molar-refractivity contribution is 9.10. The molecule has 0 radical (unpaired) electrons. The van der Waals surface area contributed by atoms with Crippen LogP contribution in [0.15, 0.2) is 83.0 Å². The second-order valence-corrected chi connectivity index (χ2v) is 8.75. The summed E-state index contributed by atoms with van der Waals surface area (Å²) in [5.41, 5.74) is 4.24. The summed E-state index contributed by atoms with van der Waals surface area (Å²) in [7, 11) is 0. The SMILES string of the molecule is CCCC(=O)C1=C(c2ccccc2)c2cc(Br)ccc2CN1C(=O)c1ccc(C(=O)O)cc1. The molecule has 166 valence electrons. The van der Waals surface area contributed by atoms with Gasteiger partial charge in [0, 0.05) is 22.0 Å². The Morgan fingerprint density at radius 2 is 1.61 bits per heavy atom. The minimum atomic E-state index is -1.06. The third-order valence-electron chi connectivity index (χ3n) is 5.60. The van der Waals surface area contributed by atoms with E-state index in [4.69, 9.17) is 0 Å². The summed E-state index contributed by atoms with van der Waals surface area (Å²) in [6, 6.07) is 21.3. The summed E-state index contributed by atoms with van der Waals surface area (Å²) in [6.07, 6.45) is 0.974. The molecule has 4 rings (SSSR count). The summed E-state index contributed by atoms with van der Waals surface area (Å²) in [4.78, 5) is 39.8. The zero-order valence-corrected chi connectivity index (χ0v) is 19.6. The lowest BCUT2D eigenvalue weighted by Crippen LogP contribution is -2.37. The van der Waals surface area contributed by atoms with Crippen LogP contribution in [0.1, 0.15) is 57.2 Å². The molecule has 1 amide bonds. The number of amides is 1. The molecule has 3 aromatic carbocycles. The van der Waals surface area contributed by atoms with E-state index in [1.807, 2.05) is 55.5 Å². The van der Waals surface area contributed by atoms with Gasteiger partial charge in [-0.05, 0) is 59.5 Å². The number of benzene rings is 3. The van der Waals surface area contributed by atoms with E-state index < -0.39 is 5.97 Å². The first kappa shape index (κ1) is 22.7. The minimum absolute atomic E-state index is 0.0996. The standard InChI is InChI=1S/C27H22BrNO4/c1-2-6-23(30)25-24(17-7-4-3-5-8-17)22-15-21(28)14-13-20(22)16-29(25)26(31)18-9-11-19(12-10-18)27(32)33/h3-5,7-15H,2,6,16H2,1H3,(H,32,33). The molecule has 1 aliphatic rings. The van der Waals surface area contributed by atoms with E-state index in [1.165, 1.54) is 29.2 Å². The summed E-state index contributed by atoms with van der Waals surface area (Å²) < 4.78 is 0.890. The number of nitrogens with zero attached hydrogens (tertiary/aromatic N) is 1. The first-order valence-corrected chi connectivity index (χ1v) is 11.5. The van der Waals surface area contributed by atoms with Crippen molar-refractivity contribution in [3.05, 3.63) is 111 Å². The van der Waals surface area contributed by atoms with Gasteiger partial charge in [-0.15, -0.1) is 0 Å². The van der Waals surface area contributed by atoms with Crippen molar-refractivity contribution in [1.82, 2.24) is 4.90 Å². The number of halogens is 1. The Bertz CT molecular complexity index is 1260. The lowest BCUT2D eigenvalue weighted by atomic mass is 9.86. The number of rotatable bonds is 6. The predicted molar refractivity (Wildman–Crippen MR) is 130 cm³/mol. The number of hydrogen-bond donors (Lipinski definition) is 1. The Morgan fingerprint density at radius 3 is 2.24 bits per heavy atom. The van der Waals surface area contributed by atoms with Crippen molar-refractivity contribution in [2.75, 3.05) is 0 Å². The number of aromatic carboxylic acids is 1. The van der Waals surface area contributed by atoms with Crippen LogP contribution in [0, 0.1) is 0 Å². The molecule has 0 spiro atoms. The molecule has 0 fully saturated rings. The number of carboxylic acids is 1. The topological polar surface area (TPSA) is 74.7 Å². The monoisotopic (exact) mass is 503 g/mol. The fraction of sp³-hybridized carbons (Fsp3) is 0.148. The average molecular weight is 504 g/mol. The van der Waals surface area contributed by atoms with Gasteiger partial charge < -0.3 is 5.11 Å². The first-order valence-electron chi connectivity index (χ1n) is 10.7. The van der Waals surface area contributed by atoms with Gasteiger partial charge in [0.15, 0.2) is 5.78 Å². The Hall–Kier alpha value is -3.51. The molecule has 0 bridgehead atoms. The molecule has 0 saturated heterocycles. The van der Waals surface area contributed by atoms with E-state index in [9.17, 15) is 19.5 Å². The fourth-order valence-corrected chi connectivity index (χ4v) is 4.41. The lowest BCUT2D eigenvalue weighted by Gasteiger charge is -2.33. The smallest absolute Gasteiger partial charge is 0.335 e. The second kappa shape index (κ2) is 9.55. The largest absolute Gasteiger partial charge is 0.478 e. The molecular formula is C27H22BrNO4. The molecule has 1 N–H and O–H groups in total. The van der Waals surface area contributed by atoms with Crippen molar-refractivity contribution in [2.45, 2.75) is 26.3 Å².